The van der Waals surface area contributed by atoms with Crippen molar-refractivity contribution in [2.24, 2.45) is 0 Å². The number of nitrogens with one attached hydrogen (secondary N) is 1. The predicted octanol–water partition coefficient (Wildman–Crippen LogP) is 3.86. The van der Waals surface area contributed by atoms with Crippen molar-refractivity contribution < 1.29 is 0 Å². The number of hydrogen-bond acceptors (Lipinski definition) is 3. The second-order valence-electron chi connectivity index (χ2n) is 6.30. The molecular formula is C18H29N3. The van der Waals surface area contributed by atoms with E-state index in [1.807, 2.05) is 6.08 Å². The summed E-state index contributed by atoms with van der Waals surface area (Å²) in [5.41, 5.74) is 2.53. The van der Waals surface area contributed by atoms with Crippen molar-refractivity contribution >= 4 is 5.82 Å². The Morgan fingerprint density at radius 1 is 1.43 bits per heavy atom. The standard InChI is InChI=1S/C18H29N3/c1-5-9-21(10-6-2)18-12-15(13-19-16-7-8-16)11-17(20-18)14(3)4/h5,11-12,14,16,19H,1,6-10,13H2,2-4H3. The van der Waals surface area contributed by atoms with Crippen molar-refractivity contribution in [3.05, 3.63) is 36.0 Å². The quantitative estimate of drug-likeness (QED) is 0.699. The van der Waals surface area contributed by atoms with Gasteiger partial charge in [-0.3, -0.25) is 0 Å². The van der Waals surface area contributed by atoms with Gasteiger partial charge in [0, 0.05) is 31.4 Å². The summed E-state index contributed by atoms with van der Waals surface area (Å²) in [4.78, 5) is 7.18. The molecule has 21 heavy (non-hydrogen) atoms. The van der Waals surface area contributed by atoms with Gasteiger partial charge < -0.3 is 10.2 Å². The van der Waals surface area contributed by atoms with E-state index in [4.69, 9.17) is 4.98 Å². The molecule has 0 unspecified atom stereocenters. The molecule has 2 rings (SSSR count). The zero-order valence-electron chi connectivity index (χ0n) is 13.7. The first-order chi connectivity index (χ1) is 10.1. The molecule has 0 aliphatic heterocycles. The third-order valence-electron chi connectivity index (χ3n) is 3.82. The molecule has 1 heterocycles. The molecular weight excluding hydrogens is 258 g/mol. The molecule has 1 aliphatic rings. The van der Waals surface area contributed by atoms with Crippen LogP contribution >= 0.6 is 0 Å². The molecule has 116 valence electrons. The molecule has 1 aromatic heterocycles. The van der Waals surface area contributed by atoms with Crippen molar-refractivity contribution in [3.8, 4) is 0 Å². The van der Waals surface area contributed by atoms with E-state index >= 15 is 0 Å². The van der Waals surface area contributed by atoms with Gasteiger partial charge in [-0.15, -0.1) is 6.58 Å². The Kier molecular flexibility index (Phi) is 5.80. The van der Waals surface area contributed by atoms with Gasteiger partial charge in [0.1, 0.15) is 5.82 Å². The van der Waals surface area contributed by atoms with Crippen molar-refractivity contribution in [3.63, 3.8) is 0 Å². The highest BCUT2D eigenvalue weighted by Gasteiger charge is 2.20. The number of pyridine rings is 1. The first kappa shape index (κ1) is 16.0. The molecule has 1 aromatic rings. The summed E-state index contributed by atoms with van der Waals surface area (Å²) in [7, 11) is 0. The highest BCUT2D eigenvalue weighted by atomic mass is 15.2. The molecule has 0 bridgehead atoms. The number of anilines is 1. The van der Waals surface area contributed by atoms with Gasteiger partial charge in [-0.2, -0.15) is 0 Å². The smallest absolute Gasteiger partial charge is 0.129 e. The third kappa shape index (κ3) is 4.85. The Bertz CT molecular complexity index is 464. The van der Waals surface area contributed by atoms with E-state index < -0.39 is 0 Å². The van der Waals surface area contributed by atoms with Gasteiger partial charge in [0.25, 0.3) is 0 Å². The summed E-state index contributed by atoms with van der Waals surface area (Å²) in [5.74, 6) is 1.55. The fraction of sp³-hybridized carbons (Fsp3) is 0.611. The number of nitrogens with zero attached hydrogens (tertiary/aromatic N) is 2. The molecule has 0 aromatic carbocycles. The molecule has 3 nitrogen and oxygen atoms in total. The summed E-state index contributed by atoms with van der Waals surface area (Å²) in [6.45, 7) is 13.3. The van der Waals surface area contributed by atoms with E-state index in [1.54, 1.807) is 0 Å². The normalized spacial score (nSPS) is 14.5. The molecule has 1 aliphatic carbocycles. The van der Waals surface area contributed by atoms with Gasteiger partial charge in [0.05, 0.1) is 0 Å². The lowest BCUT2D eigenvalue weighted by atomic mass is 10.1. The fourth-order valence-electron chi connectivity index (χ4n) is 2.43. The number of hydrogen-bond donors (Lipinski definition) is 1. The fourth-order valence-corrected chi connectivity index (χ4v) is 2.43. The van der Waals surface area contributed by atoms with Crippen LogP contribution in [0.3, 0.4) is 0 Å². The Labute approximate surface area is 129 Å². The van der Waals surface area contributed by atoms with Crippen LogP contribution in [0.5, 0.6) is 0 Å². The SMILES string of the molecule is C=CCN(CCC)c1cc(CNC2CC2)cc(C(C)C)n1. The van der Waals surface area contributed by atoms with Crippen LogP contribution in [0.15, 0.2) is 24.8 Å². The van der Waals surface area contributed by atoms with Crippen LogP contribution in [0.25, 0.3) is 0 Å². The number of aromatic nitrogens is 1. The van der Waals surface area contributed by atoms with Crippen LogP contribution in [0.1, 0.15) is 57.2 Å². The van der Waals surface area contributed by atoms with Crippen molar-refractivity contribution in [2.45, 2.75) is 58.5 Å². The Morgan fingerprint density at radius 3 is 2.76 bits per heavy atom. The first-order valence-electron chi connectivity index (χ1n) is 8.24. The average Bonchev–Trinajstić information content (AvgIpc) is 3.29. The van der Waals surface area contributed by atoms with Crippen LogP contribution in [0, 0.1) is 0 Å². The highest BCUT2D eigenvalue weighted by Crippen LogP contribution is 2.23. The number of rotatable bonds is 9. The van der Waals surface area contributed by atoms with Gasteiger partial charge in [-0.05, 0) is 42.9 Å². The van der Waals surface area contributed by atoms with Crippen molar-refractivity contribution in [2.75, 3.05) is 18.0 Å². The molecule has 1 saturated carbocycles. The Hall–Kier alpha value is -1.35. The largest absolute Gasteiger partial charge is 0.353 e. The van der Waals surface area contributed by atoms with Crippen molar-refractivity contribution in [1.82, 2.24) is 10.3 Å². The summed E-state index contributed by atoms with van der Waals surface area (Å²) >= 11 is 0. The van der Waals surface area contributed by atoms with Crippen LogP contribution < -0.4 is 10.2 Å². The van der Waals surface area contributed by atoms with E-state index in [1.165, 1.54) is 24.1 Å². The molecule has 0 saturated heterocycles. The molecule has 3 heteroatoms. The second-order valence-corrected chi connectivity index (χ2v) is 6.30. The zero-order chi connectivity index (χ0) is 15.2. The lowest BCUT2D eigenvalue weighted by molar-refractivity contribution is 0.682. The van der Waals surface area contributed by atoms with Crippen molar-refractivity contribution in [1.29, 1.82) is 0 Å². The van der Waals surface area contributed by atoms with Gasteiger partial charge in [-0.25, -0.2) is 4.98 Å². The summed E-state index contributed by atoms with van der Waals surface area (Å²) in [5, 5.41) is 3.60. The van der Waals surface area contributed by atoms with Crippen LogP contribution in [0.2, 0.25) is 0 Å². The lowest BCUT2D eigenvalue weighted by Gasteiger charge is -2.23. The van der Waals surface area contributed by atoms with Gasteiger partial charge >= 0.3 is 0 Å². The van der Waals surface area contributed by atoms with E-state index in [2.05, 4.69) is 49.7 Å². The first-order valence-corrected chi connectivity index (χ1v) is 8.24. The topological polar surface area (TPSA) is 28.2 Å². The maximum Gasteiger partial charge on any atom is 0.129 e. The van der Waals surface area contributed by atoms with Gasteiger partial charge in [-0.1, -0.05) is 26.8 Å². The summed E-state index contributed by atoms with van der Waals surface area (Å²) < 4.78 is 0. The van der Waals surface area contributed by atoms with Crippen LogP contribution in [-0.2, 0) is 6.54 Å². The molecule has 0 radical (unpaired) electrons. The predicted molar refractivity (Wildman–Crippen MR) is 90.9 cm³/mol. The minimum atomic E-state index is 0.455. The van der Waals surface area contributed by atoms with E-state index in [9.17, 15) is 0 Å². The summed E-state index contributed by atoms with van der Waals surface area (Å²) in [6, 6.07) is 5.23. The summed E-state index contributed by atoms with van der Waals surface area (Å²) in [6.07, 6.45) is 5.74. The Balaban J connectivity index is 2.21. The average molecular weight is 287 g/mol. The van der Waals surface area contributed by atoms with E-state index in [0.717, 1.165) is 37.9 Å². The maximum absolute atomic E-state index is 4.86. The monoisotopic (exact) mass is 287 g/mol. The third-order valence-corrected chi connectivity index (χ3v) is 3.82. The minimum absolute atomic E-state index is 0.455. The van der Waals surface area contributed by atoms with E-state index in [0.29, 0.717) is 5.92 Å². The second kappa shape index (κ2) is 7.60. The lowest BCUT2D eigenvalue weighted by Crippen LogP contribution is -2.26. The zero-order valence-corrected chi connectivity index (χ0v) is 13.7. The molecule has 1 N–H and O–H groups in total. The molecule has 0 atom stereocenters. The van der Waals surface area contributed by atoms with Crippen LogP contribution in [-0.4, -0.2) is 24.1 Å². The minimum Gasteiger partial charge on any atom is -0.353 e. The molecule has 0 spiro atoms. The van der Waals surface area contributed by atoms with Crippen LogP contribution in [0.4, 0.5) is 5.82 Å². The highest BCUT2D eigenvalue weighted by molar-refractivity contribution is 5.44. The molecule has 0 amide bonds. The van der Waals surface area contributed by atoms with Gasteiger partial charge in [0.2, 0.25) is 0 Å². The maximum atomic E-state index is 4.86. The van der Waals surface area contributed by atoms with E-state index in [-0.39, 0.29) is 0 Å². The molecule has 1 fully saturated rings. The Morgan fingerprint density at radius 2 is 2.19 bits per heavy atom. The van der Waals surface area contributed by atoms with Gasteiger partial charge in [0.15, 0.2) is 0 Å².